The lowest BCUT2D eigenvalue weighted by molar-refractivity contribution is -0.384. The molecule has 2 N–H and O–H groups in total. The number of aromatic nitrogens is 2. The number of nitrogens with one attached hydrogen (secondary N) is 1. The Morgan fingerprint density at radius 2 is 2.05 bits per heavy atom. The highest BCUT2D eigenvalue weighted by molar-refractivity contribution is 5.88. The fraction of sp³-hybridized carbons (Fsp3) is 0.154. The predicted octanol–water partition coefficient (Wildman–Crippen LogP) is 2.00. The summed E-state index contributed by atoms with van der Waals surface area (Å²) in [6.45, 7) is 1.96. The molecule has 1 aromatic carbocycles. The number of nitro groups is 1. The topological polar surface area (TPSA) is 118 Å². The third kappa shape index (κ3) is 3.50. The largest absolute Gasteiger partial charge is 0.478 e. The number of carbonyl (C=O) groups is 1. The molecule has 0 aliphatic rings. The van der Waals surface area contributed by atoms with E-state index in [0.717, 1.165) is 5.56 Å². The van der Waals surface area contributed by atoms with Crippen LogP contribution in [0.2, 0.25) is 0 Å². The molecule has 0 fully saturated rings. The minimum atomic E-state index is -1.07. The van der Waals surface area contributed by atoms with Gasteiger partial charge in [0.1, 0.15) is 0 Å². The summed E-state index contributed by atoms with van der Waals surface area (Å²) in [5, 5.41) is 22.3. The van der Waals surface area contributed by atoms with Gasteiger partial charge in [-0.15, -0.1) is 0 Å². The number of anilines is 1. The molecule has 0 spiro atoms. The van der Waals surface area contributed by atoms with E-state index >= 15 is 0 Å². The van der Waals surface area contributed by atoms with Gasteiger partial charge in [-0.05, 0) is 12.5 Å². The number of benzene rings is 1. The first kappa shape index (κ1) is 14.4. The van der Waals surface area contributed by atoms with Crippen LogP contribution in [0.25, 0.3) is 0 Å². The fourth-order valence-corrected chi connectivity index (χ4v) is 1.68. The second-order valence-electron chi connectivity index (χ2n) is 4.27. The summed E-state index contributed by atoms with van der Waals surface area (Å²) in [6, 6.07) is 6.08. The number of nitro benzene ring substituents is 1. The molecule has 0 aliphatic heterocycles. The van der Waals surface area contributed by atoms with Crippen molar-refractivity contribution in [2.45, 2.75) is 13.5 Å². The highest BCUT2D eigenvalue weighted by Crippen LogP contribution is 2.13. The van der Waals surface area contributed by atoms with Gasteiger partial charge in [-0.3, -0.25) is 10.1 Å². The number of non-ortho nitro benzene ring substituents is 1. The molecule has 108 valence electrons. The van der Waals surface area contributed by atoms with Crippen LogP contribution < -0.4 is 5.32 Å². The molecule has 0 bridgehead atoms. The smallest absolute Gasteiger partial charge is 0.339 e. The van der Waals surface area contributed by atoms with Gasteiger partial charge in [0.25, 0.3) is 5.69 Å². The molecule has 8 heteroatoms. The zero-order valence-corrected chi connectivity index (χ0v) is 11.1. The molecule has 0 atom stereocenters. The third-order valence-electron chi connectivity index (χ3n) is 2.81. The standard InChI is InChI=1S/C13H12N4O4/c1-8-11(12(18)19)7-15-13(16-8)14-6-9-2-4-10(5-3-9)17(20)21/h2-5,7H,6H2,1H3,(H,18,19)(H,14,15,16). The Morgan fingerprint density at radius 3 is 2.57 bits per heavy atom. The Labute approximate surface area is 119 Å². The van der Waals surface area contributed by atoms with Crippen molar-refractivity contribution in [1.29, 1.82) is 0 Å². The summed E-state index contributed by atoms with van der Waals surface area (Å²) in [5.74, 6) is -0.773. The van der Waals surface area contributed by atoms with Gasteiger partial charge in [0, 0.05) is 24.9 Å². The molecule has 1 aromatic heterocycles. The summed E-state index contributed by atoms with van der Waals surface area (Å²) in [7, 11) is 0. The van der Waals surface area contributed by atoms with Gasteiger partial charge in [-0.1, -0.05) is 12.1 Å². The van der Waals surface area contributed by atoms with Crippen LogP contribution in [0.1, 0.15) is 21.6 Å². The zero-order valence-electron chi connectivity index (χ0n) is 11.1. The molecule has 0 amide bonds. The third-order valence-corrected chi connectivity index (χ3v) is 2.81. The van der Waals surface area contributed by atoms with E-state index in [0.29, 0.717) is 18.2 Å². The van der Waals surface area contributed by atoms with Gasteiger partial charge >= 0.3 is 5.97 Å². The molecule has 0 saturated heterocycles. The molecular weight excluding hydrogens is 276 g/mol. The maximum absolute atomic E-state index is 10.8. The van der Waals surface area contributed by atoms with E-state index in [9.17, 15) is 14.9 Å². The van der Waals surface area contributed by atoms with Gasteiger partial charge in [0.05, 0.1) is 16.2 Å². The molecule has 21 heavy (non-hydrogen) atoms. The second-order valence-corrected chi connectivity index (χ2v) is 4.27. The molecule has 0 saturated carbocycles. The van der Waals surface area contributed by atoms with Crippen LogP contribution in [0.4, 0.5) is 11.6 Å². The Morgan fingerprint density at radius 1 is 1.38 bits per heavy atom. The lowest BCUT2D eigenvalue weighted by Gasteiger charge is -2.06. The molecule has 8 nitrogen and oxygen atoms in total. The van der Waals surface area contributed by atoms with E-state index in [1.807, 2.05) is 0 Å². The number of hydrogen-bond donors (Lipinski definition) is 2. The van der Waals surface area contributed by atoms with Crippen molar-refractivity contribution >= 4 is 17.6 Å². The summed E-state index contributed by atoms with van der Waals surface area (Å²) in [6.07, 6.45) is 1.24. The predicted molar refractivity (Wildman–Crippen MR) is 74.2 cm³/mol. The number of carboxylic acids is 1. The van der Waals surface area contributed by atoms with Gasteiger partial charge in [0.15, 0.2) is 0 Å². The first-order valence-electron chi connectivity index (χ1n) is 6.01. The fourth-order valence-electron chi connectivity index (χ4n) is 1.68. The minimum Gasteiger partial charge on any atom is -0.478 e. The Kier molecular flexibility index (Phi) is 4.07. The number of nitrogens with zero attached hydrogens (tertiary/aromatic N) is 3. The number of aryl methyl sites for hydroxylation is 1. The normalized spacial score (nSPS) is 10.1. The van der Waals surface area contributed by atoms with Crippen molar-refractivity contribution in [1.82, 2.24) is 9.97 Å². The maximum atomic E-state index is 10.8. The van der Waals surface area contributed by atoms with Crippen LogP contribution in [-0.4, -0.2) is 26.0 Å². The van der Waals surface area contributed by atoms with E-state index in [1.165, 1.54) is 18.3 Å². The molecule has 2 aromatic rings. The Hall–Kier alpha value is -3.03. The summed E-state index contributed by atoms with van der Waals surface area (Å²) < 4.78 is 0. The van der Waals surface area contributed by atoms with Crippen LogP contribution in [0.3, 0.4) is 0 Å². The molecule has 0 aliphatic carbocycles. The van der Waals surface area contributed by atoms with Crippen LogP contribution >= 0.6 is 0 Å². The van der Waals surface area contributed by atoms with E-state index < -0.39 is 10.9 Å². The van der Waals surface area contributed by atoms with Gasteiger partial charge in [0.2, 0.25) is 5.95 Å². The lowest BCUT2D eigenvalue weighted by atomic mass is 10.2. The van der Waals surface area contributed by atoms with E-state index in [2.05, 4.69) is 15.3 Å². The van der Waals surface area contributed by atoms with Crippen molar-refractivity contribution in [3.05, 3.63) is 57.4 Å². The summed E-state index contributed by atoms with van der Waals surface area (Å²) in [4.78, 5) is 28.9. The molecule has 1 heterocycles. The Bertz CT molecular complexity index is 685. The highest BCUT2D eigenvalue weighted by atomic mass is 16.6. The average Bonchev–Trinajstić information content (AvgIpc) is 2.45. The van der Waals surface area contributed by atoms with Gasteiger partial charge < -0.3 is 10.4 Å². The monoisotopic (exact) mass is 288 g/mol. The van der Waals surface area contributed by atoms with Crippen LogP contribution in [-0.2, 0) is 6.54 Å². The summed E-state index contributed by atoms with van der Waals surface area (Å²) >= 11 is 0. The van der Waals surface area contributed by atoms with Crippen LogP contribution in [0, 0.1) is 17.0 Å². The average molecular weight is 288 g/mol. The maximum Gasteiger partial charge on any atom is 0.339 e. The van der Waals surface area contributed by atoms with E-state index in [4.69, 9.17) is 5.11 Å². The number of aromatic carboxylic acids is 1. The highest BCUT2D eigenvalue weighted by Gasteiger charge is 2.10. The SMILES string of the molecule is Cc1nc(NCc2ccc([N+](=O)[O-])cc2)ncc1C(=O)O. The summed E-state index contributed by atoms with van der Waals surface area (Å²) in [5.41, 5.74) is 1.26. The number of carboxylic acid groups (broad SMARTS) is 1. The first-order valence-corrected chi connectivity index (χ1v) is 6.01. The van der Waals surface area contributed by atoms with Crippen molar-refractivity contribution in [3.63, 3.8) is 0 Å². The zero-order chi connectivity index (χ0) is 15.4. The molecule has 2 rings (SSSR count). The van der Waals surface area contributed by atoms with E-state index in [1.54, 1.807) is 19.1 Å². The molecular formula is C13H12N4O4. The van der Waals surface area contributed by atoms with Crippen LogP contribution in [0.5, 0.6) is 0 Å². The molecule has 0 unspecified atom stereocenters. The molecule has 0 radical (unpaired) electrons. The van der Waals surface area contributed by atoms with Gasteiger partial charge in [-0.25, -0.2) is 14.8 Å². The quantitative estimate of drug-likeness (QED) is 0.638. The minimum absolute atomic E-state index is 0.0247. The van der Waals surface area contributed by atoms with Crippen LogP contribution in [0.15, 0.2) is 30.5 Å². The lowest BCUT2D eigenvalue weighted by Crippen LogP contribution is -2.08. The van der Waals surface area contributed by atoms with Crippen molar-refractivity contribution < 1.29 is 14.8 Å². The van der Waals surface area contributed by atoms with Crippen molar-refractivity contribution in [3.8, 4) is 0 Å². The van der Waals surface area contributed by atoms with Crippen molar-refractivity contribution in [2.75, 3.05) is 5.32 Å². The number of rotatable bonds is 5. The van der Waals surface area contributed by atoms with Gasteiger partial charge in [-0.2, -0.15) is 0 Å². The first-order chi connectivity index (χ1) is 9.97. The Balaban J connectivity index is 2.04. The van der Waals surface area contributed by atoms with Crippen molar-refractivity contribution in [2.24, 2.45) is 0 Å². The van der Waals surface area contributed by atoms with E-state index in [-0.39, 0.29) is 11.3 Å². The second kappa shape index (κ2) is 5.95. The number of hydrogen-bond acceptors (Lipinski definition) is 6.